The van der Waals surface area contributed by atoms with Crippen molar-refractivity contribution in [1.29, 1.82) is 0 Å². The summed E-state index contributed by atoms with van der Waals surface area (Å²) >= 11 is 0. The average molecular weight is 421 g/mol. The molecule has 1 N–H and O–H groups in total. The largest absolute Gasteiger partial charge is 0.354 e. The second-order valence-electron chi connectivity index (χ2n) is 7.38. The van der Waals surface area contributed by atoms with Gasteiger partial charge in [-0.2, -0.15) is 4.31 Å². The number of rotatable bonds is 6. The first-order valence-corrected chi connectivity index (χ1v) is 11.4. The third-order valence-corrected chi connectivity index (χ3v) is 7.28. The summed E-state index contributed by atoms with van der Waals surface area (Å²) in [4.78, 5) is 13.3. The molecule has 0 saturated carbocycles. The number of benzene rings is 3. The standard InChI is InChI=1S/C24H24N2O3S/c27-24(25-16-15-19-9-3-1-4-10-19)23-17-20-11-7-8-12-21(20)18-26(23)30(28,29)22-13-5-2-6-14-22/h1-14,23H,15-18H2,(H,25,27)/t23-/m0/s1. The van der Waals surface area contributed by atoms with Gasteiger partial charge < -0.3 is 5.32 Å². The molecule has 6 heteroatoms. The van der Waals surface area contributed by atoms with Crippen molar-refractivity contribution in [2.75, 3.05) is 6.54 Å². The lowest BCUT2D eigenvalue weighted by molar-refractivity contribution is -0.125. The molecule has 3 aromatic rings. The van der Waals surface area contributed by atoms with Crippen LogP contribution in [0.3, 0.4) is 0 Å². The SMILES string of the molecule is O=C(NCCc1ccccc1)[C@@H]1Cc2ccccc2CN1S(=O)(=O)c1ccccc1. The van der Waals surface area contributed by atoms with Gasteiger partial charge in [0.1, 0.15) is 6.04 Å². The van der Waals surface area contributed by atoms with Crippen molar-refractivity contribution >= 4 is 15.9 Å². The van der Waals surface area contributed by atoms with Gasteiger partial charge in [-0.25, -0.2) is 8.42 Å². The minimum Gasteiger partial charge on any atom is -0.354 e. The summed E-state index contributed by atoms with van der Waals surface area (Å²) in [5.41, 5.74) is 3.08. The zero-order valence-electron chi connectivity index (χ0n) is 16.6. The van der Waals surface area contributed by atoms with Crippen molar-refractivity contribution in [3.63, 3.8) is 0 Å². The number of hydrogen-bond donors (Lipinski definition) is 1. The third-order valence-electron chi connectivity index (χ3n) is 5.41. The highest BCUT2D eigenvalue weighted by molar-refractivity contribution is 7.89. The Balaban J connectivity index is 1.57. The van der Waals surface area contributed by atoms with Crippen LogP contribution < -0.4 is 5.32 Å². The summed E-state index contributed by atoms with van der Waals surface area (Å²) in [6.45, 7) is 0.643. The number of carbonyl (C=O) groups excluding carboxylic acids is 1. The van der Waals surface area contributed by atoms with Gasteiger partial charge in [-0.3, -0.25) is 4.79 Å². The first-order chi connectivity index (χ1) is 14.6. The van der Waals surface area contributed by atoms with Gasteiger partial charge in [0.2, 0.25) is 15.9 Å². The quantitative estimate of drug-likeness (QED) is 0.666. The van der Waals surface area contributed by atoms with Crippen LogP contribution >= 0.6 is 0 Å². The third kappa shape index (κ3) is 4.30. The molecule has 0 bridgehead atoms. The fourth-order valence-electron chi connectivity index (χ4n) is 3.80. The molecule has 0 unspecified atom stereocenters. The minimum atomic E-state index is -3.80. The Morgan fingerprint density at radius 2 is 1.47 bits per heavy atom. The molecule has 1 heterocycles. The van der Waals surface area contributed by atoms with Crippen molar-refractivity contribution in [1.82, 2.24) is 9.62 Å². The molecule has 0 fully saturated rings. The molecular formula is C24H24N2O3S. The Morgan fingerprint density at radius 3 is 2.17 bits per heavy atom. The first kappa shape index (κ1) is 20.3. The first-order valence-electron chi connectivity index (χ1n) is 10.0. The van der Waals surface area contributed by atoms with Crippen LogP contribution in [-0.2, 0) is 34.2 Å². The number of amides is 1. The molecule has 3 aromatic carbocycles. The maximum absolute atomic E-state index is 13.4. The van der Waals surface area contributed by atoms with Crippen molar-refractivity contribution in [2.24, 2.45) is 0 Å². The highest BCUT2D eigenvalue weighted by atomic mass is 32.2. The molecule has 1 aliphatic rings. The summed E-state index contributed by atoms with van der Waals surface area (Å²) in [7, 11) is -3.80. The summed E-state index contributed by atoms with van der Waals surface area (Å²) in [5, 5.41) is 2.94. The maximum Gasteiger partial charge on any atom is 0.244 e. The predicted molar refractivity (Wildman–Crippen MR) is 116 cm³/mol. The van der Waals surface area contributed by atoms with E-state index < -0.39 is 16.1 Å². The fourth-order valence-corrected chi connectivity index (χ4v) is 5.38. The van der Waals surface area contributed by atoms with Gasteiger partial charge in [0.25, 0.3) is 0 Å². The number of nitrogens with one attached hydrogen (secondary N) is 1. The van der Waals surface area contributed by atoms with Crippen LogP contribution in [0.2, 0.25) is 0 Å². The molecule has 0 aliphatic carbocycles. The molecule has 0 aromatic heterocycles. The molecule has 1 aliphatic heterocycles. The van der Waals surface area contributed by atoms with Crippen LogP contribution in [0.4, 0.5) is 0 Å². The van der Waals surface area contributed by atoms with E-state index in [0.717, 1.165) is 16.7 Å². The van der Waals surface area contributed by atoms with Gasteiger partial charge in [-0.1, -0.05) is 72.8 Å². The van der Waals surface area contributed by atoms with E-state index in [2.05, 4.69) is 5.32 Å². The van der Waals surface area contributed by atoms with Gasteiger partial charge in [-0.05, 0) is 41.7 Å². The fraction of sp³-hybridized carbons (Fsp3) is 0.208. The van der Waals surface area contributed by atoms with E-state index in [9.17, 15) is 13.2 Å². The van der Waals surface area contributed by atoms with E-state index in [0.29, 0.717) is 19.4 Å². The Hall–Kier alpha value is -2.96. The van der Waals surface area contributed by atoms with E-state index >= 15 is 0 Å². The number of hydrogen-bond acceptors (Lipinski definition) is 3. The molecule has 0 saturated heterocycles. The zero-order valence-corrected chi connectivity index (χ0v) is 17.4. The van der Waals surface area contributed by atoms with E-state index in [1.807, 2.05) is 54.6 Å². The molecule has 4 rings (SSSR count). The smallest absolute Gasteiger partial charge is 0.244 e. The van der Waals surface area contributed by atoms with Crippen LogP contribution in [0.1, 0.15) is 16.7 Å². The van der Waals surface area contributed by atoms with Crippen LogP contribution in [0.25, 0.3) is 0 Å². The summed E-state index contributed by atoms with van der Waals surface area (Å²) < 4.78 is 28.0. The monoisotopic (exact) mass is 420 g/mol. The molecule has 1 atom stereocenters. The second kappa shape index (κ2) is 8.81. The molecular weight excluding hydrogens is 396 g/mol. The molecule has 154 valence electrons. The molecule has 5 nitrogen and oxygen atoms in total. The van der Waals surface area contributed by atoms with Gasteiger partial charge in [0.15, 0.2) is 0 Å². The van der Waals surface area contributed by atoms with Crippen LogP contribution in [0, 0.1) is 0 Å². The summed E-state index contributed by atoms with van der Waals surface area (Å²) in [6, 6.07) is 25.1. The van der Waals surface area contributed by atoms with E-state index in [1.165, 1.54) is 4.31 Å². The van der Waals surface area contributed by atoms with Gasteiger partial charge in [-0.15, -0.1) is 0 Å². The van der Waals surface area contributed by atoms with Gasteiger partial charge in [0.05, 0.1) is 4.90 Å². The number of carbonyl (C=O) groups is 1. The normalized spacial score (nSPS) is 16.6. The van der Waals surface area contributed by atoms with Crippen LogP contribution in [-0.4, -0.2) is 31.2 Å². The summed E-state index contributed by atoms with van der Waals surface area (Å²) in [5.74, 6) is -0.264. The summed E-state index contributed by atoms with van der Waals surface area (Å²) in [6.07, 6.45) is 1.06. The lowest BCUT2D eigenvalue weighted by atomic mass is 9.95. The zero-order chi connectivity index (χ0) is 21.0. The Morgan fingerprint density at radius 1 is 0.867 bits per heavy atom. The van der Waals surface area contributed by atoms with Crippen LogP contribution in [0.15, 0.2) is 89.8 Å². The van der Waals surface area contributed by atoms with E-state index in [-0.39, 0.29) is 17.3 Å². The highest BCUT2D eigenvalue weighted by Crippen LogP contribution is 2.29. The number of fused-ring (bicyclic) bond motifs is 1. The van der Waals surface area contributed by atoms with E-state index in [4.69, 9.17) is 0 Å². The number of sulfonamides is 1. The maximum atomic E-state index is 13.4. The van der Waals surface area contributed by atoms with Crippen molar-refractivity contribution in [2.45, 2.75) is 30.3 Å². The van der Waals surface area contributed by atoms with Gasteiger partial charge >= 0.3 is 0 Å². The topological polar surface area (TPSA) is 66.5 Å². The van der Waals surface area contributed by atoms with Crippen molar-refractivity contribution in [3.05, 3.63) is 102 Å². The molecule has 0 radical (unpaired) electrons. The predicted octanol–water partition coefficient (Wildman–Crippen LogP) is 3.16. The van der Waals surface area contributed by atoms with Crippen molar-refractivity contribution in [3.8, 4) is 0 Å². The minimum absolute atomic E-state index is 0.185. The van der Waals surface area contributed by atoms with Crippen LogP contribution in [0.5, 0.6) is 0 Å². The Bertz CT molecular complexity index is 1120. The molecule has 1 amide bonds. The Labute approximate surface area is 177 Å². The lowest BCUT2D eigenvalue weighted by Crippen LogP contribution is -2.52. The average Bonchev–Trinajstić information content (AvgIpc) is 2.79. The highest BCUT2D eigenvalue weighted by Gasteiger charge is 2.39. The van der Waals surface area contributed by atoms with E-state index in [1.54, 1.807) is 30.3 Å². The molecule has 0 spiro atoms. The van der Waals surface area contributed by atoms with Gasteiger partial charge in [0, 0.05) is 13.1 Å². The second-order valence-corrected chi connectivity index (χ2v) is 9.27. The van der Waals surface area contributed by atoms with Crippen molar-refractivity contribution < 1.29 is 13.2 Å². The Kier molecular flexibility index (Phi) is 5.97. The molecule has 30 heavy (non-hydrogen) atoms. The number of nitrogens with zero attached hydrogens (tertiary/aromatic N) is 1. The lowest BCUT2D eigenvalue weighted by Gasteiger charge is -2.35.